The van der Waals surface area contributed by atoms with E-state index in [1.54, 1.807) is 12.0 Å². The van der Waals surface area contributed by atoms with Crippen LogP contribution >= 0.6 is 0 Å². The molecule has 1 saturated heterocycles. The van der Waals surface area contributed by atoms with Gasteiger partial charge in [0, 0.05) is 24.2 Å². The van der Waals surface area contributed by atoms with Crippen molar-refractivity contribution in [3.63, 3.8) is 0 Å². The molecule has 1 atom stereocenters. The first kappa shape index (κ1) is 19.4. The summed E-state index contributed by atoms with van der Waals surface area (Å²) in [6.07, 6.45) is 3.06. The van der Waals surface area contributed by atoms with Crippen LogP contribution in [0.4, 0.5) is 11.5 Å². The van der Waals surface area contributed by atoms with Crippen LogP contribution in [-0.2, 0) is 22.4 Å². The molecule has 2 aliphatic rings. The summed E-state index contributed by atoms with van der Waals surface area (Å²) in [4.78, 5) is 27.5. The molecule has 158 valence electrons. The zero-order chi connectivity index (χ0) is 21.4. The number of hydrogen-bond donors (Lipinski definition) is 1. The second-order valence-corrected chi connectivity index (χ2v) is 7.97. The molecule has 5 rings (SSSR count). The van der Waals surface area contributed by atoms with Crippen molar-refractivity contribution in [3.05, 3.63) is 65.9 Å². The van der Waals surface area contributed by atoms with Crippen LogP contribution in [0.5, 0.6) is 5.75 Å². The van der Waals surface area contributed by atoms with E-state index in [4.69, 9.17) is 9.84 Å². The zero-order valence-electron chi connectivity index (χ0n) is 17.4. The lowest BCUT2D eigenvalue weighted by atomic mass is 10.1. The molecule has 0 radical (unpaired) electrons. The van der Waals surface area contributed by atoms with Gasteiger partial charge in [-0.1, -0.05) is 18.2 Å². The number of amides is 2. The summed E-state index contributed by atoms with van der Waals surface area (Å²) >= 11 is 0. The Hall–Kier alpha value is -3.61. The fraction of sp³-hybridized carbons (Fsp3) is 0.292. The quantitative estimate of drug-likeness (QED) is 0.692. The van der Waals surface area contributed by atoms with Gasteiger partial charge in [-0.3, -0.25) is 9.59 Å². The van der Waals surface area contributed by atoms with E-state index in [0.717, 1.165) is 53.5 Å². The number of anilines is 2. The average Bonchev–Trinajstić information content (AvgIpc) is 3.50. The van der Waals surface area contributed by atoms with E-state index in [1.807, 2.05) is 59.3 Å². The lowest BCUT2D eigenvalue weighted by Crippen LogP contribution is -2.28. The van der Waals surface area contributed by atoms with E-state index in [1.165, 1.54) is 0 Å². The molecule has 2 aromatic carbocycles. The highest BCUT2D eigenvalue weighted by Crippen LogP contribution is 2.32. The number of nitrogens with zero attached hydrogens (tertiary/aromatic N) is 3. The number of ether oxygens (including phenoxy) is 1. The molecule has 3 aromatic rings. The highest BCUT2D eigenvalue weighted by atomic mass is 16.5. The number of benzene rings is 2. The van der Waals surface area contributed by atoms with Crippen LogP contribution in [0.15, 0.2) is 54.6 Å². The van der Waals surface area contributed by atoms with Gasteiger partial charge in [-0.15, -0.1) is 0 Å². The number of hydrogen-bond acceptors (Lipinski definition) is 4. The minimum atomic E-state index is -0.411. The van der Waals surface area contributed by atoms with Gasteiger partial charge in [0.25, 0.3) is 0 Å². The Bertz CT molecular complexity index is 1120. The maximum Gasteiger partial charge on any atom is 0.230 e. The SMILES string of the molecule is COc1ccc(N2C[C@@H](C(=O)Nc3c4c(nn3-c3ccccc3)CCC4)CC2=O)cc1. The summed E-state index contributed by atoms with van der Waals surface area (Å²) in [7, 11) is 1.60. The minimum absolute atomic E-state index is 0.0490. The minimum Gasteiger partial charge on any atom is -0.497 e. The Labute approximate surface area is 180 Å². The zero-order valence-corrected chi connectivity index (χ0v) is 17.4. The molecule has 0 spiro atoms. The van der Waals surface area contributed by atoms with Crippen LogP contribution in [0.1, 0.15) is 24.1 Å². The Balaban J connectivity index is 1.37. The van der Waals surface area contributed by atoms with Crippen molar-refractivity contribution >= 4 is 23.3 Å². The number of methoxy groups -OCH3 is 1. The molecule has 0 saturated carbocycles. The standard InChI is InChI=1S/C24H24N4O3/c1-31-19-12-10-17(11-13-19)27-15-16(14-22(27)29)24(30)25-23-20-8-5-9-21(20)26-28(23)18-6-3-2-4-7-18/h2-4,6-7,10-13,16H,5,8-9,14-15H2,1H3,(H,25,30)/t16-/m0/s1. The highest BCUT2D eigenvalue weighted by Gasteiger charge is 2.36. The van der Waals surface area contributed by atoms with Gasteiger partial charge in [0.15, 0.2) is 0 Å². The van der Waals surface area contributed by atoms with Crippen LogP contribution < -0.4 is 15.0 Å². The van der Waals surface area contributed by atoms with Gasteiger partial charge in [-0.2, -0.15) is 5.10 Å². The topological polar surface area (TPSA) is 76.5 Å². The van der Waals surface area contributed by atoms with Crippen LogP contribution in [0, 0.1) is 5.92 Å². The van der Waals surface area contributed by atoms with Crippen LogP contribution in [-0.4, -0.2) is 35.2 Å². The van der Waals surface area contributed by atoms with E-state index < -0.39 is 5.92 Å². The lowest BCUT2D eigenvalue weighted by Gasteiger charge is -2.17. The first-order valence-electron chi connectivity index (χ1n) is 10.6. The first-order chi connectivity index (χ1) is 15.1. The van der Waals surface area contributed by atoms with Crippen molar-refractivity contribution in [2.45, 2.75) is 25.7 Å². The number of rotatable bonds is 5. The van der Waals surface area contributed by atoms with E-state index in [-0.39, 0.29) is 18.2 Å². The Kier molecular flexibility index (Phi) is 4.94. The van der Waals surface area contributed by atoms with Crippen molar-refractivity contribution in [2.75, 3.05) is 23.9 Å². The molecule has 7 heteroatoms. The van der Waals surface area contributed by atoms with Crippen molar-refractivity contribution in [1.29, 1.82) is 0 Å². The predicted octanol–water partition coefficient (Wildman–Crippen LogP) is 3.36. The molecule has 1 aromatic heterocycles. The van der Waals surface area contributed by atoms with Gasteiger partial charge in [-0.05, 0) is 55.7 Å². The molecule has 1 fully saturated rings. The molecular formula is C24H24N4O3. The molecule has 1 aliphatic heterocycles. The predicted molar refractivity (Wildman–Crippen MR) is 118 cm³/mol. The smallest absolute Gasteiger partial charge is 0.230 e. The Morgan fingerprint density at radius 2 is 1.84 bits per heavy atom. The summed E-state index contributed by atoms with van der Waals surface area (Å²) in [5, 5.41) is 7.85. The van der Waals surface area contributed by atoms with E-state index >= 15 is 0 Å². The third-order valence-corrected chi connectivity index (χ3v) is 6.03. The maximum absolute atomic E-state index is 13.2. The van der Waals surface area contributed by atoms with Gasteiger partial charge in [-0.25, -0.2) is 4.68 Å². The van der Waals surface area contributed by atoms with E-state index in [0.29, 0.717) is 6.54 Å². The molecule has 1 N–H and O–H groups in total. The molecule has 2 heterocycles. The number of carbonyl (C=O) groups excluding carboxylic acids is 2. The Morgan fingerprint density at radius 3 is 2.58 bits per heavy atom. The molecule has 0 unspecified atom stereocenters. The summed E-state index contributed by atoms with van der Waals surface area (Å²) in [5.41, 5.74) is 3.83. The number of nitrogens with one attached hydrogen (secondary N) is 1. The van der Waals surface area contributed by atoms with Gasteiger partial charge in [0.2, 0.25) is 11.8 Å². The fourth-order valence-electron chi connectivity index (χ4n) is 4.39. The van der Waals surface area contributed by atoms with E-state index in [9.17, 15) is 9.59 Å². The fourth-order valence-corrected chi connectivity index (χ4v) is 4.39. The number of para-hydroxylation sites is 1. The number of carbonyl (C=O) groups is 2. The lowest BCUT2D eigenvalue weighted by molar-refractivity contribution is -0.122. The third kappa shape index (κ3) is 3.56. The third-order valence-electron chi connectivity index (χ3n) is 6.03. The second-order valence-electron chi connectivity index (χ2n) is 7.97. The summed E-state index contributed by atoms with van der Waals surface area (Å²) in [6, 6.07) is 17.1. The summed E-state index contributed by atoms with van der Waals surface area (Å²) < 4.78 is 7.00. The molecule has 2 amide bonds. The number of aromatic nitrogens is 2. The van der Waals surface area contributed by atoms with Crippen LogP contribution in [0.2, 0.25) is 0 Å². The molecule has 1 aliphatic carbocycles. The first-order valence-corrected chi connectivity index (χ1v) is 10.6. The summed E-state index contributed by atoms with van der Waals surface area (Å²) in [6.45, 7) is 0.360. The number of fused-ring (bicyclic) bond motifs is 1. The normalized spacial score (nSPS) is 17.6. The highest BCUT2D eigenvalue weighted by molar-refractivity contribution is 6.03. The number of aryl methyl sites for hydroxylation is 1. The van der Waals surface area contributed by atoms with Gasteiger partial charge in [0.05, 0.1) is 24.4 Å². The molecule has 7 nitrogen and oxygen atoms in total. The molecule has 0 bridgehead atoms. The van der Waals surface area contributed by atoms with Crippen LogP contribution in [0.3, 0.4) is 0 Å². The molecular weight excluding hydrogens is 392 g/mol. The van der Waals surface area contributed by atoms with Crippen LogP contribution in [0.25, 0.3) is 5.69 Å². The van der Waals surface area contributed by atoms with Gasteiger partial charge >= 0.3 is 0 Å². The van der Waals surface area contributed by atoms with Crippen molar-refractivity contribution in [3.8, 4) is 11.4 Å². The van der Waals surface area contributed by atoms with Crippen molar-refractivity contribution < 1.29 is 14.3 Å². The largest absolute Gasteiger partial charge is 0.497 e. The van der Waals surface area contributed by atoms with E-state index in [2.05, 4.69) is 5.32 Å². The Morgan fingerprint density at radius 1 is 1.06 bits per heavy atom. The average molecular weight is 416 g/mol. The second kappa shape index (κ2) is 7.91. The van der Waals surface area contributed by atoms with Crippen molar-refractivity contribution in [2.24, 2.45) is 5.92 Å². The molecule has 31 heavy (non-hydrogen) atoms. The monoisotopic (exact) mass is 416 g/mol. The van der Waals surface area contributed by atoms with Gasteiger partial charge in [0.1, 0.15) is 11.6 Å². The maximum atomic E-state index is 13.2. The van der Waals surface area contributed by atoms with Gasteiger partial charge < -0.3 is 15.0 Å². The van der Waals surface area contributed by atoms with Crippen molar-refractivity contribution in [1.82, 2.24) is 9.78 Å². The summed E-state index contributed by atoms with van der Waals surface area (Å²) in [5.74, 6) is 0.862.